The van der Waals surface area contributed by atoms with Crippen LogP contribution in [0.25, 0.3) is 11.2 Å². The zero-order chi connectivity index (χ0) is 22.1. The molecule has 1 amide bonds. The molecule has 30 heavy (non-hydrogen) atoms. The molecule has 2 atom stereocenters. The zero-order valence-electron chi connectivity index (χ0n) is 17.4. The van der Waals surface area contributed by atoms with E-state index in [4.69, 9.17) is 17.0 Å². The Morgan fingerprint density at radius 1 is 1.17 bits per heavy atom. The SMILES string of the molecule is CC(C)C(=O)Nc1ncnc2c1ncn2C(C)C(C)OC(=S)N1CCS(=O)(=O)CC1. The normalized spacial score (nSPS) is 18.2. The van der Waals surface area contributed by atoms with Crippen LogP contribution < -0.4 is 5.32 Å². The van der Waals surface area contributed by atoms with Gasteiger partial charge in [0.15, 0.2) is 26.8 Å². The van der Waals surface area contributed by atoms with E-state index in [1.165, 1.54) is 6.33 Å². The van der Waals surface area contributed by atoms with Crippen LogP contribution in [-0.2, 0) is 19.4 Å². The molecule has 0 radical (unpaired) electrons. The average Bonchev–Trinajstić information content (AvgIpc) is 3.12. The summed E-state index contributed by atoms with van der Waals surface area (Å²) >= 11 is 5.37. The Hall–Kier alpha value is -2.34. The molecule has 2 unspecified atom stereocenters. The fraction of sp³-hybridized carbons (Fsp3) is 0.611. The largest absolute Gasteiger partial charge is 0.466 e. The predicted molar refractivity (Wildman–Crippen MR) is 117 cm³/mol. The maximum absolute atomic E-state index is 12.0. The van der Waals surface area contributed by atoms with Crippen molar-refractivity contribution in [3.8, 4) is 0 Å². The number of amides is 1. The molecular weight excluding hydrogens is 428 g/mol. The number of hydrogen-bond donors (Lipinski definition) is 1. The fourth-order valence-corrected chi connectivity index (χ4v) is 4.49. The van der Waals surface area contributed by atoms with Crippen molar-refractivity contribution in [2.75, 3.05) is 29.9 Å². The summed E-state index contributed by atoms with van der Waals surface area (Å²) in [6, 6.07) is -0.176. The molecule has 1 aliphatic heterocycles. The first-order chi connectivity index (χ1) is 14.1. The second-order valence-electron chi connectivity index (χ2n) is 7.66. The quantitative estimate of drug-likeness (QED) is 0.669. The lowest BCUT2D eigenvalue weighted by Gasteiger charge is -2.31. The summed E-state index contributed by atoms with van der Waals surface area (Å²) in [7, 11) is -2.99. The maximum Gasteiger partial charge on any atom is 0.259 e. The van der Waals surface area contributed by atoms with Gasteiger partial charge in [-0.3, -0.25) is 4.79 Å². The summed E-state index contributed by atoms with van der Waals surface area (Å²) in [5.41, 5.74) is 1.07. The zero-order valence-corrected chi connectivity index (χ0v) is 19.0. The van der Waals surface area contributed by atoms with Gasteiger partial charge in [-0.15, -0.1) is 0 Å². The number of fused-ring (bicyclic) bond motifs is 1. The number of imidazole rings is 1. The van der Waals surface area contributed by atoms with Crippen LogP contribution in [0.4, 0.5) is 5.82 Å². The smallest absolute Gasteiger partial charge is 0.259 e. The fourth-order valence-electron chi connectivity index (χ4n) is 2.96. The van der Waals surface area contributed by atoms with Crippen LogP contribution in [0.1, 0.15) is 33.7 Å². The van der Waals surface area contributed by atoms with E-state index < -0.39 is 9.84 Å². The molecule has 0 saturated carbocycles. The molecule has 0 aromatic carbocycles. The van der Waals surface area contributed by atoms with Crippen LogP contribution in [-0.4, -0.2) is 74.6 Å². The number of sulfone groups is 1. The minimum absolute atomic E-state index is 0.0778. The summed E-state index contributed by atoms with van der Waals surface area (Å²) in [5, 5.41) is 3.06. The lowest BCUT2D eigenvalue weighted by Crippen LogP contribution is -2.45. The van der Waals surface area contributed by atoms with Gasteiger partial charge in [0.2, 0.25) is 5.91 Å². The number of hydrogen-bond acceptors (Lipinski definition) is 8. The van der Waals surface area contributed by atoms with Crippen LogP contribution >= 0.6 is 12.2 Å². The van der Waals surface area contributed by atoms with E-state index >= 15 is 0 Å². The Labute approximate surface area is 180 Å². The van der Waals surface area contributed by atoms with Crippen LogP contribution in [0, 0.1) is 5.92 Å². The van der Waals surface area contributed by atoms with Gasteiger partial charge in [-0.05, 0) is 26.1 Å². The second kappa shape index (κ2) is 8.80. The van der Waals surface area contributed by atoms with E-state index in [1.54, 1.807) is 25.1 Å². The molecule has 0 bridgehead atoms. The lowest BCUT2D eigenvalue weighted by molar-refractivity contribution is -0.118. The van der Waals surface area contributed by atoms with Crippen molar-refractivity contribution in [2.45, 2.75) is 39.8 Å². The molecule has 12 heteroatoms. The van der Waals surface area contributed by atoms with E-state index in [0.717, 1.165) is 0 Å². The average molecular weight is 455 g/mol. The van der Waals surface area contributed by atoms with Crippen molar-refractivity contribution in [2.24, 2.45) is 5.92 Å². The van der Waals surface area contributed by atoms with Crippen molar-refractivity contribution in [3.05, 3.63) is 12.7 Å². The minimum Gasteiger partial charge on any atom is -0.466 e. The molecule has 3 heterocycles. The standard InChI is InChI=1S/C18H26N6O4S2/c1-11(2)17(25)22-15-14-16(20-9-19-15)24(10-21-14)12(3)13(4)28-18(29)23-5-7-30(26,27)8-6-23/h9-13H,5-8H2,1-4H3,(H,19,20,22,25). The van der Waals surface area contributed by atoms with E-state index in [0.29, 0.717) is 30.1 Å². The monoisotopic (exact) mass is 454 g/mol. The van der Waals surface area contributed by atoms with Crippen molar-refractivity contribution in [1.82, 2.24) is 24.4 Å². The van der Waals surface area contributed by atoms with Gasteiger partial charge in [0, 0.05) is 19.0 Å². The van der Waals surface area contributed by atoms with Crippen LogP contribution in [0.5, 0.6) is 0 Å². The Morgan fingerprint density at radius 3 is 2.47 bits per heavy atom. The maximum atomic E-state index is 12.0. The van der Waals surface area contributed by atoms with Gasteiger partial charge < -0.3 is 19.5 Å². The van der Waals surface area contributed by atoms with E-state index in [2.05, 4.69) is 20.3 Å². The number of rotatable bonds is 5. The highest BCUT2D eigenvalue weighted by Gasteiger charge is 2.27. The number of nitrogens with zero attached hydrogens (tertiary/aromatic N) is 5. The first-order valence-corrected chi connectivity index (χ1v) is 12.0. The number of aromatic nitrogens is 4. The van der Waals surface area contributed by atoms with Gasteiger partial charge in [-0.1, -0.05) is 13.8 Å². The van der Waals surface area contributed by atoms with Gasteiger partial charge in [-0.2, -0.15) is 0 Å². The van der Waals surface area contributed by atoms with Crippen molar-refractivity contribution in [3.63, 3.8) is 0 Å². The van der Waals surface area contributed by atoms with Crippen molar-refractivity contribution >= 4 is 50.1 Å². The second-order valence-corrected chi connectivity index (χ2v) is 10.3. The van der Waals surface area contributed by atoms with Gasteiger partial charge in [-0.25, -0.2) is 23.4 Å². The summed E-state index contributed by atoms with van der Waals surface area (Å²) in [6.07, 6.45) is 2.69. The molecule has 1 saturated heterocycles. The first kappa shape index (κ1) is 22.3. The van der Waals surface area contributed by atoms with Gasteiger partial charge in [0.1, 0.15) is 12.4 Å². The minimum atomic E-state index is -2.99. The third-order valence-electron chi connectivity index (χ3n) is 5.13. The first-order valence-electron chi connectivity index (χ1n) is 9.73. The van der Waals surface area contributed by atoms with E-state index in [-0.39, 0.29) is 40.7 Å². The third-order valence-corrected chi connectivity index (χ3v) is 7.10. The predicted octanol–water partition coefficient (Wildman–Crippen LogP) is 1.40. The van der Waals surface area contributed by atoms with E-state index in [9.17, 15) is 13.2 Å². The lowest BCUT2D eigenvalue weighted by atomic mass is 10.2. The molecular formula is C18H26N6O4S2. The number of carbonyl (C=O) groups excluding carboxylic acids is 1. The molecule has 1 N–H and O–H groups in total. The highest BCUT2D eigenvalue weighted by Crippen LogP contribution is 2.24. The summed E-state index contributed by atoms with van der Waals surface area (Å²) in [5.74, 6) is 0.185. The van der Waals surface area contributed by atoms with Crippen molar-refractivity contribution < 1.29 is 17.9 Å². The number of nitrogens with one attached hydrogen (secondary N) is 1. The topological polar surface area (TPSA) is 119 Å². The summed E-state index contributed by atoms with van der Waals surface area (Å²) < 4.78 is 31.0. The van der Waals surface area contributed by atoms with Crippen LogP contribution in [0.15, 0.2) is 12.7 Å². The molecule has 1 aliphatic rings. The highest BCUT2D eigenvalue weighted by atomic mass is 32.2. The Kier molecular flexibility index (Phi) is 6.56. The van der Waals surface area contributed by atoms with Crippen molar-refractivity contribution in [1.29, 1.82) is 0 Å². The molecule has 1 fully saturated rings. The number of carbonyl (C=O) groups is 1. The molecule has 2 aromatic heterocycles. The summed E-state index contributed by atoms with van der Waals surface area (Å²) in [6.45, 7) is 8.10. The van der Waals surface area contributed by atoms with E-state index in [1.807, 2.05) is 18.4 Å². The molecule has 0 aliphatic carbocycles. The number of anilines is 1. The summed E-state index contributed by atoms with van der Waals surface area (Å²) in [4.78, 5) is 26.6. The van der Waals surface area contributed by atoms with Gasteiger partial charge in [0.25, 0.3) is 5.17 Å². The Bertz CT molecular complexity index is 1040. The van der Waals surface area contributed by atoms with Crippen LogP contribution in [0.3, 0.4) is 0 Å². The molecule has 2 aromatic rings. The Balaban J connectivity index is 1.72. The van der Waals surface area contributed by atoms with Gasteiger partial charge in [0.05, 0.1) is 23.9 Å². The number of thiocarbonyl (C=S) groups is 1. The third kappa shape index (κ3) is 4.86. The Morgan fingerprint density at radius 2 is 1.83 bits per heavy atom. The van der Waals surface area contributed by atoms with Crippen LogP contribution in [0.2, 0.25) is 0 Å². The number of ether oxygens (including phenoxy) is 1. The van der Waals surface area contributed by atoms with Gasteiger partial charge >= 0.3 is 0 Å². The molecule has 3 rings (SSSR count). The molecule has 164 valence electrons. The highest BCUT2D eigenvalue weighted by molar-refractivity contribution is 7.91. The molecule has 0 spiro atoms. The molecule has 10 nitrogen and oxygen atoms in total.